The summed E-state index contributed by atoms with van der Waals surface area (Å²) in [5.74, 6) is -0.335. The van der Waals surface area contributed by atoms with Gasteiger partial charge in [-0.25, -0.2) is 0 Å². The van der Waals surface area contributed by atoms with Crippen molar-refractivity contribution in [3.8, 4) is 0 Å². The van der Waals surface area contributed by atoms with Gasteiger partial charge in [0.15, 0.2) is 0 Å². The molecule has 1 heterocycles. The molecule has 0 spiro atoms. The van der Waals surface area contributed by atoms with Crippen LogP contribution in [0.1, 0.15) is 24.0 Å². The smallest absolute Gasteiger partial charge is 0.320 e. The second kappa shape index (κ2) is 10.4. The summed E-state index contributed by atoms with van der Waals surface area (Å²) in [6.07, 6.45) is 5.41. The molecule has 0 aliphatic carbocycles. The van der Waals surface area contributed by atoms with Crippen molar-refractivity contribution >= 4 is 18.0 Å². The molecule has 5 nitrogen and oxygen atoms in total. The van der Waals surface area contributed by atoms with Gasteiger partial charge in [-0.05, 0) is 36.6 Å². The summed E-state index contributed by atoms with van der Waals surface area (Å²) in [4.78, 5) is 26.5. The predicted molar refractivity (Wildman–Crippen MR) is 109 cm³/mol. The van der Waals surface area contributed by atoms with E-state index in [4.69, 9.17) is 4.74 Å². The monoisotopic (exact) mass is 378 g/mol. The normalized spacial score (nSPS) is 16.9. The molecule has 0 bridgehead atoms. The highest BCUT2D eigenvalue weighted by Crippen LogP contribution is 2.17. The van der Waals surface area contributed by atoms with E-state index < -0.39 is 0 Å². The quantitative estimate of drug-likeness (QED) is 0.718. The molecule has 1 aliphatic rings. The van der Waals surface area contributed by atoms with Gasteiger partial charge < -0.3 is 10.1 Å². The maximum Gasteiger partial charge on any atom is 0.320 e. The Bertz CT molecular complexity index is 790. The molecule has 5 heteroatoms. The molecular weight excluding hydrogens is 352 g/mol. The fraction of sp³-hybridized carbons (Fsp3) is 0.304. The first-order valence-corrected chi connectivity index (χ1v) is 9.65. The van der Waals surface area contributed by atoms with Gasteiger partial charge in [-0.3, -0.25) is 14.5 Å². The lowest BCUT2D eigenvalue weighted by Crippen LogP contribution is -2.45. The zero-order valence-corrected chi connectivity index (χ0v) is 15.9. The van der Waals surface area contributed by atoms with Crippen LogP contribution in [0.15, 0.2) is 66.7 Å². The van der Waals surface area contributed by atoms with E-state index in [-0.39, 0.29) is 31.1 Å². The topological polar surface area (TPSA) is 58.6 Å². The number of carbonyl (C=O) groups is 2. The van der Waals surface area contributed by atoms with E-state index in [0.717, 1.165) is 30.5 Å². The maximum atomic E-state index is 12.5. The Labute approximate surface area is 166 Å². The summed E-state index contributed by atoms with van der Waals surface area (Å²) < 4.78 is 5.28. The van der Waals surface area contributed by atoms with E-state index in [1.54, 1.807) is 0 Å². The van der Waals surface area contributed by atoms with Crippen LogP contribution in [0.25, 0.3) is 6.08 Å². The minimum absolute atomic E-state index is 0.0295. The average Bonchev–Trinajstić information content (AvgIpc) is 3.19. The van der Waals surface area contributed by atoms with E-state index in [0.29, 0.717) is 6.54 Å². The van der Waals surface area contributed by atoms with E-state index in [1.165, 1.54) is 0 Å². The number of likely N-dealkylation sites (tertiary alicyclic amines) is 1. The third-order valence-corrected chi connectivity index (χ3v) is 4.76. The van der Waals surface area contributed by atoms with Crippen LogP contribution in [-0.2, 0) is 20.9 Å². The Morgan fingerprint density at radius 2 is 1.79 bits per heavy atom. The standard InChI is InChI=1S/C23H26N2O3/c26-22(28-16-8-13-19-9-3-1-4-10-19)18-25-15-7-14-21(25)23(27)24-17-20-11-5-2-6-12-20/h1-6,8-13,21H,7,14-18H2,(H,24,27)/t21-/m0/s1. The molecule has 28 heavy (non-hydrogen) atoms. The Morgan fingerprint density at radius 1 is 1.07 bits per heavy atom. The number of hydrogen-bond acceptors (Lipinski definition) is 4. The van der Waals surface area contributed by atoms with E-state index in [1.807, 2.05) is 77.7 Å². The highest BCUT2D eigenvalue weighted by atomic mass is 16.5. The van der Waals surface area contributed by atoms with Gasteiger partial charge >= 0.3 is 5.97 Å². The Balaban J connectivity index is 1.41. The van der Waals surface area contributed by atoms with Gasteiger partial charge in [0.25, 0.3) is 0 Å². The van der Waals surface area contributed by atoms with Crippen molar-refractivity contribution in [3.05, 3.63) is 77.9 Å². The minimum Gasteiger partial charge on any atom is -0.460 e. The van der Waals surface area contributed by atoms with E-state index in [2.05, 4.69) is 5.32 Å². The Morgan fingerprint density at radius 3 is 2.54 bits per heavy atom. The van der Waals surface area contributed by atoms with Gasteiger partial charge in [0, 0.05) is 6.54 Å². The molecular formula is C23H26N2O3. The average molecular weight is 378 g/mol. The highest BCUT2D eigenvalue weighted by molar-refractivity contribution is 5.83. The second-order valence-electron chi connectivity index (χ2n) is 6.83. The lowest BCUT2D eigenvalue weighted by molar-refractivity contribution is -0.144. The fourth-order valence-electron chi connectivity index (χ4n) is 3.32. The molecule has 0 radical (unpaired) electrons. The maximum absolute atomic E-state index is 12.5. The van der Waals surface area contributed by atoms with Crippen molar-refractivity contribution in [3.63, 3.8) is 0 Å². The molecule has 2 aromatic rings. The molecule has 1 aliphatic heterocycles. The van der Waals surface area contributed by atoms with Crippen LogP contribution in [0.3, 0.4) is 0 Å². The lowest BCUT2D eigenvalue weighted by Gasteiger charge is -2.22. The summed E-state index contributed by atoms with van der Waals surface area (Å²) in [5, 5.41) is 2.97. The largest absolute Gasteiger partial charge is 0.460 e. The second-order valence-corrected chi connectivity index (χ2v) is 6.83. The zero-order valence-electron chi connectivity index (χ0n) is 15.9. The van der Waals surface area contributed by atoms with Crippen molar-refractivity contribution in [1.82, 2.24) is 10.2 Å². The van der Waals surface area contributed by atoms with Gasteiger partial charge in [0.2, 0.25) is 5.91 Å². The highest BCUT2D eigenvalue weighted by Gasteiger charge is 2.31. The Kier molecular flexibility index (Phi) is 7.38. The van der Waals surface area contributed by atoms with Gasteiger partial charge in [0.05, 0.1) is 12.6 Å². The molecule has 0 unspecified atom stereocenters. The molecule has 1 amide bonds. The van der Waals surface area contributed by atoms with Crippen molar-refractivity contribution < 1.29 is 14.3 Å². The van der Waals surface area contributed by atoms with Gasteiger partial charge in [-0.15, -0.1) is 0 Å². The first-order chi connectivity index (χ1) is 13.7. The number of nitrogens with one attached hydrogen (secondary N) is 1. The summed E-state index contributed by atoms with van der Waals surface area (Å²) in [6, 6.07) is 19.4. The summed E-state index contributed by atoms with van der Waals surface area (Å²) in [5.41, 5.74) is 2.12. The van der Waals surface area contributed by atoms with E-state index in [9.17, 15) is 9.59 Å². The molecule has 146 valence electrons. The van der Waals surface area contributed by atoms with Crippen molar-refractivity contribution in [2.24, 2.45) is 0 Å². The van der Waals surface area contributed by atoms with Gasteiger partial charge in [0.1, 0.15) is 6.61 Å². The number of benzene rings is 2. The number of hydrogen-bond donors (Lipinski definition) is 1. The predicted octanol–water partition coefficient (Wildman–Crippen LogP) is 3.02. The number of esters is 1. The van der Waals surface area contributed by atoms with Gasteiger partial charge in [-0.1, -0.05) is 66.7 Å². The minimum atomic E-state index is -0.305. The lowest BCUT2D eigenvalue weighted by atomic mass is 10.2. The zero-order chi connectivity index (χ0) is 19.6. The van der Waals surface area contributed by atoms with Crippen LogP contribution in [0.4, 0.5) is 0 Å². The van der Waals surface area contributed by atoms with Crippen molar-refractivity contribution in [2.75, 3.05) is 19.7 Å². The molecule has 0 aromatic heterocycles. The molecule has 3 rings (SSSR count). The van der Waals surface area contributed by atoms with Crippen LogP contribution in [0, 0.1) is 0 Å². The third-order valence-electron chi connectivity index (χ3n) is 4.76. The van der Waals surface area contributed by atoms with Crippen LogP contribution >= 0.6 is 0 Å². The molecule has 2 aromatic carbocycles. The van der Waals surface area contributed by atoms with Gasteiger partial charge in [-0.2, -0.15) is 0 Å². The van der Waals surface area contributed by atoms with E-state index >= 15 is 0 Å². The summed E-state index contributed by atoms with van der Waals surface area (Å²) in [6.45, 7) is 1.60. The van der Waals surface area contributed by atoms with Crippen LogP contribution in [-0.4, -0.2) is 42.5 Å². The number of rotatable bonds is 8. The summed E-state index contributed by atoms with van der Waals surface area (Å²) in [7, 11) is 0. The molecule has 0 saturated carbocycles. The van der Waals surface area contributed by atoms with Crippen LogP contribution in [0.2, 0.25) is 0 Å². The first-order valence-electron chi connectivity index (χ1n) is 9.65. The molecule has 1 fully saturated rings. The van der Waals surface area contributed by atoms with Crippen LogP contribution < -0.4 is 5.32 Å². The summed E-state index contributed by atoms with van der Waals surface area (Å²) >= 11 is 0. The number of carbonyl (C=O) groups excluding carboxylic acids is 2. The molecule has 1 atom stereocenters. The number of ether oxygens (including phenoxy) is 1. The fourth-order valence-corrected chi connectivity index (χ4v) is 3.32. The number of amides is 1. The molecule has 1 N–H and O–H groups in total. The van der Waals surface area contributed by atoms with Crippen LogP contribution in [0.5, 0.6) is 0 Å². The Hall–Kier alpha value is -2.92. The third kappa shape index (κ3) is 6.06. The number of nitrogens with zero attached hydrogens (tertiary/aromatic N) is 1. The molecule has 1 saturated heterocycles. The SMILES string of the molecule is O=C(CN1CCC[C@H]1C(=O)NCc1ccccc1)OCC=Cc1ccccc1. The first kappa shape index (κ1) is 19.8. The van der Waals surface area contributed by atoms with Crippen molar-refractivity contribution in [1.29, 1.82) is 0 Å². The van der Waals surface area contributed by atoms with Crippen molar-refractivity contribution in [2.45, 2.75) is 25.4 Å².